The number of cyclic esters (lactones) is 1. The zero-order valence-electron chi connectivity index (χ0n) is 31.9. The Kier molecular flexibility index (Phi) is 21.2. The maximum Gasteiger partial charge on any atom is 0.311 e. The molecule has 55 heavy (non-hydrogen) atoms. The van der Waals surface area contributed by atoms with E-state index in [0.717, 1.165) is 0 Å². The summed E-state index contributed by atoms with van der Waals surface area (Å²) < 4.78 is 11.1. The summed E-state index contributed by atoms with van der Waals surface area (Å²) in [6.07, 6.45) is 9.09. The first kappa shape index (κ1) is 47.9. The van der Waals surface area contributed by atoms with E-state index in [1.807, 2.05) is 43.4 Å². The highest BCUT2D eigenvalue weighted by Crippen LogP contribution is 2.37. The second-order valence-electron chi connectivity index (χ2n) is 14.7. The standard InChI is InChI=1S/C41H62O14/c1-26-16-14-12-10-8-6-4-5-7-9-11-13-15-17-29(42)22-36-38(40(51)52)35(48)25-41(53,55-36)24-32(45)21-34(47)33(46)19-18-30(43)20-31(44)23-37(49)54-28(3)27(2)39(26)50/h4-17,26-36,38-39,42-48,50,53H,18-25H2,1-3H3,(H,51,52)/t26-,27-,28-,29-,30+,31+,32-,33+,34+,35-,36-,38+,39+,41+/m0/s1. The monoisotopic (exact) mass is 778 g/mol. The van der Waals surface area contributed by atoms with E-state index in [-0.39, 0.29) is 31.6 Å². The molecule has 2 aliphatic rings. The van der Waals surface area contributed by atoms with E-state index in [1.54, 1.807) is 56.4 Å². The van der Waals surface area contributed by atoms with Crippen LogP contribution in [0.25, 0.3) is 0 Å². The van der Waals surface area contributed by atoms with Crippen LogP contribution < -0.4 is 0 Å². The van der Waals surface area contributed by atoms with Crippen LogP contribution >= 0.6 is 0 Å². The summed E-state index contributed by atoms with van der Waals surface area (Å²) in [6.45, 7) is 5.24. The van der Waals surface area contributed by atoms with Crippen molar-refractivity contribution in [2.24, 2.45) is 17.8 Å². The van der Waals surface area contributed by atoms with E-state index in [1.165, 1.54) is 6.08 Å². The Balaban J connectivity index is 2.18. The third kappa shape index (κ3) is 18.0. The van der Waals surface area contributed by atoms with E-state index in [9.17, 15) is 60.7 Å². The average Bonchev–Trinajstić information content (AvgIpc) is 3.08. The lowest BCUT2D eigenvalue weighted by atomic mass is 9.82. The summed E-state index contributed by atoms with van der Waals surface area (Å²) in [5.74, 6) is -6.50. The van der Waals surface area contributed by atoms with E-state index < -0.39 is 116 Å². The maximum absolute atomic E-state index is 12.5. The molecule has 14 nitrogen and oxygen atoms in total. The molecule has 2 heterocycles. The number of allylic oxidation sites excluding steroid dienone is 12. The van der Waals surface area contributed by atoms with Crippen LogP contribution in [0, 0.1) is 17.8 Å². The van der Waals surface area contributed by atoms with Gasteiger partial charge in [-0.1, -0.05) is 98.9 Å². The molecule has 0 amide bonds. The van der Waals surface area contributed by atoms with Crippen LogP contribution in [0.5, 0.6) is 0 Å². The quantitative estimate of drug-likeness (QED) is 0.171. The Morgan fingerprint density at radius 1 is 0.655 bits per heavy atom. The molecular formula is C41H62O14. The van der Waals surface area contributed by atoms with Crippen LogP contribution in [0.15, 0.2) is 85.1 Å². The normalized spacial score (nSPS) is 39.1. The molecule has 0 aromatic rings. The molecule has 0 aliphatic carbocycles. The van der Waals surface area contributed by atoms with Crippen LogP contribution in [0.2, 0.25) is 0 Å². The Morgan fingerprint density at radius 3 is 1.76 bits per heavy atom. The SMILES string of the molecule is C[C@@H]1[C@H](O)[C@@H](C)C=CC=CC=CC=CC=CC=CC=C[C@H](O)C[C@@H]2O[C@](O)(C[C@@H](O)C[C@@H](O)[C@H](O)CC[C@@H](O)C[C@@H](O)CC(=O)O[C@H]1C)C[C@H](O)[C@H]2C(=O)O. The minimum absolute atomic E-state index is 0.0747. The molecule has 14 atom stereocenters. The van der Waals surface area contributed by atoms with Gasteiger partial charge in [0.05, 0.1) is 61.4 Å². The third-order valence-electron chi connectivity index (χ3n) is 9.83. The summed E-state index contributed by atoms with van der Waals surface area (Å²) in [5, 5.41) is 105. The topological polar surface area (TPSA) is 255 Å². The first-order valence-electron chi connectivity index (χ1n) is 18.9. The number of hydrogen-bond donors (Lipinski definition) is 10. The molecule has 2 aliphatic heterocycles. The smallest absolute Gasteiger partial charge is 0.311 e. The van der Waals surface area contributed by atoms with E-state index in [2.05, 4.69) is 0 Å². The number of carbonyl (C=O) groups is 2. The van der Waals surface area contributed by atoms with E-state index >= 15 is 0 Å². The lowest BCUT2D eigenvalue weighted by Gasteiger charge is -2.44. The number of aliphatic hydroxyl groups is 9. The van der Waals surface area contributed by atoms with Crippen LogP contribution in [0.4, 0.5) is 0 Å². The number of carbonyl (C=O) groups excluding carboxylic acids is 1. The molecule has 10 N–H and O–H groups in total. The van der Waals surface area contributed by atoms with E-state index in [0.29, 0.717) is 0 Å². The zero-order chi connectivity index (χ0) is 41.1. The van der Waals surface area contributed by atoms with Gasteiger partial charge in [0, 0.05) is 37.5 Å². The fourth-order valence-electron chi connectivity index (χ4n) is 6.53. The summed E-state index contributed by atoms with van der Waals surface area (Å²) in [6, 6.07) is 0. The predicted molar refractivity (Wildman–Crippen MR) is 204 cm³/mol. The van der Waals surface area contributed by atoms with Gasteiger partial charge in [0.2, 0.25) is 0 Å². The number of carboxylic acid groups (broad SMARTS) is 1. The summed E-state index contributed by atoms with van der Waals surface area (Å²) >= 11 is 0. The van der Waals surface area contributed by atoms with Crippen LogP contribution in [-0.4, -0.2) is 130 Å². The minimum atomic E-state index is -2.22. The number of aliphatic hydroxyl groups excluding tert-OH is 8. The number of carboxylic acids is 1. The van der Waals surface area contributed by atoms with Crippen LogP contribution in [-0.2, 0) is 19.1 Å². The molecule has 2 bridgehead atoms. The molecule has 0 aromatic carbocycles. The second-order valence-corrected chi connectivity index (χ2v) is 14.7. The third-order valence-corrected chi connectivity index (χ3v) is 9.83. The number of aliphatic carboxylic acids is 1. The lowest BCUT2D eigenvalue weighted by molar-refractivity contribution is -0.300. The highest BCUT2D eigenvalue weighted by molar-refractivity contribution is 5.71. The lowest BCUT2D eigenvalue weighted by Crippen LogP contribution is -2.56. The fraction of sp³-hybridized carbons (Fsp3) is 0.610. The number of ether oxygens (including phenoxy) is 2. The number of fused-ring (bicyclic) bond motifs is 2. The second kappa shape index (κ2) is 24.4. The van der Waals surface area contributed by atoms with Crippen molar-refractivity contribution in [1.29, 1.82) is 0 Å². The molecule has 0 unspecified atom stereocenters. The van der Waals surface area contributed by atoms with Gasteiger partial charge >= 0.3 is 11.9 Å². The molecule has 14 heteroatoms. The summed E-state index contributed by atoms with van der Waals surface area (Å²) in [7, 11) is 0. The molecular weight excluding hydrogens is 716 g/mol. The molecule has 0 spiro atoms. The Morgan fingerprint density at radius 2 is 1.20 bits per heavy atom. The van der Waals surface area contributed by atoms with Gasteiger partial charge < -0.3 is 60.5 Å². The van der Waals surface area contributed by atoms with Crippen molar-refractivity contribution in [2.45, 2.75) is 139 Å². The van der Waals surface area contributed by atoms with Crippen molar-refractivity contribution in [3.63, 3.8) is 0 Å². The molecule has 310 valence electrons. The average molecular weight is 779 g/mol. The van der Waals surface area contributed by atoms with Crippen molar-refractivity contribution in [3.8, 4) is 0 Å². The number of hydrogen-bond acceptors (Lipinski definition) is 13. The molecule has 0 aromatic heterocycles. The van der Waals surface area contributed by atoms with Gasteiger partial charge in [-0.15, -0.1) is 0 Å². The first-order chi connectivity index (χ1) is 25.9. The highest BCUT2D eigenvalue weighted by atomic mass is 16.6. The Hall–Kier alpha value is -3.28. The van der Waals surface area contributed by atoms with Gasteiger partial charge in [0.25, 0.3) is 0 Å². The van der Waals surface area contributed by atoms with Gasteiger partial charge in [-0.3, -0.25) is 9.59 Å². The molecule has 0 radical (unpaired) electrons. The van der Waals surface area contributed by atoms with Crippen molar-refractivity contribution < 1.29 is 70.1 Å². The fourth-order valence-corrected chi connectivity index (χ4v) is 6.53. The Labute approximate surface area is 323 Å². The minimum Gasteiger partial charge on any atom is -0.481 e. The van der Waals surface area contributed by atoms with Gasteiger partial charge in [-0.05, 0) is 26.2 Å². The van der Waals surface area contributed by atoms with Gasteiger partial charge in [-0.2, -0.15) is 0 Å². The number of rotatable bonds is 1. The van der Waals surface area contributed by atoms with Crippen molar-refractivity contribution >= 4 is 11.9 Å². The van der Waals surface area contributed by atoms with Gasteiger partial charge in [-0.25, -0.2) is 0 Å². The van der Waals surface area contributed by atoms with Crippen molar-refractivity contribution in [2.75, 3.05) is 0 Å². The molecule has 1 saturated heterocycles. The summed E-state index contributed by atoms with van der Waals surface area (Å²) in [4.78, 5) is 24.5. The highest BCUT2D eigenvalue weighted by Gasteiger charge is 2.50. The summed E-state index contributed by atoms with van der Waals surface area (Å²) in [5.41, 5.74) is 0. The zero-order valence-corrected chi connectivity index (χ0v) is 31.9. The molecule has 2 rings (SSSR count). The van der Waals surface area contributed by atoms with Crippen LogP contribution in [0.3, 0.4) is 0 Å². The van der Waals surface area contributed by atoms with Crippen molar-refractivity contribution in [1.82, 2.24) is 0 Å². The molecule has 0 saturated carbocycles. The number of esters is 1. The largest absolute Gasteiger partial charge is 0.481 e. The van der Waals surface area contributed by atoms with Crippen LogP contribution in [0.1, 0.15) is 72.1 Å². The van der Waals surface area contributed by atoms with Crippen molar-refractivity contribution in [3.05, 3.63) is 85.1 Å². The molecule has 1 fully saturated rings. The Bertz CT molecular complexity index is 1370. The maximum atomic E-state index is 12.5. The van der Waals surface area contributed by atoms with Gasteiger partial charge in [0.15, 0.2) is 5.79 Å². The first-order valence-corrected chi connectivity index (χ1v) is 18.9. The predicted octanol–water partition coefficient (Wildman–Crippen LogP) is 1.89. The van der Waals surface area contributed by atoms with Gasteiger partial charge in [0.1, 0.15) is 12.0 Å². The van der Waals surface area contributed by atoms with E-state index in [4.69, 9.17) is 9.47 Å².